The van der Waals surface area contributed by atoms with Crippen LogP contribution in [0.3, 0.4) is 0 Å². The van der Waals surface area contributed by atoms with Gasteiger partial charge in [-0.2, -0.15) is 5.10 Å². The number of nitrogens with zero attached hydrogens (tertiary/aromatic N) is 6. The van der Waals surface area contributed by atoms with Crippen LogP contribution in [0.1, 0.15) is 29.4 Å². The summed E-state index contributed by atoms with van der Waals surface area (Å²) in [7, 11) is 1.54. The van der Waals surface area contributed by atoms with E-state index in [0.717, 1.165) is 30.6 Å². The Morgan fingerprint density at radius 1 is 1.22 bits per heavy atom. The minimum absolute atomic E-state index is 0.0457. The highest BCUT2D eigenvalue weighted by molar-refractivity contribution is 6.04. The molecule has 11 nitrogen and oxygen atoms in total. The largest absolute Gasteiger partial charge is 0.495 e. The first-order valence-corrected chi connectivity index (χ1v) is 11.9. The maximum Gasteiger partial charge on any atom is 0.274 e. The summed E-state index contributed by atoms with van der Waals surface area (Å²) < 4.78 is 7.35. The number of aromatic amines is 1. The Morgan fingerprint density at radius 2 is 2.11 bits per heavy atom. The van der Waals surface area contributed by atoms with Crippen LogP contribution in [0.2, 0.25) is 0 Å². The molecule has 1 aromatic carbocycles. The van der Waals surface area contributed by atoms with E-state index in [9.17, 15) is 9.59 Å². The van der Waals surface area contributed by atoms with Gasteiger partial charge in [0.1, 0.15) is 17.1 Å². The van der Waals surface area contributed by atoms with Gasteiger partial charge < -0.3 is 15.0 Å². The Bertz CT molecular complexity index is 1430. The first kappa shape index (κ1) is 23.9. The van der Waals surface area contributed by atoms with Crippen LogP contribution in [0.25, 0.3) is 22.6 Å². The van der Waals surface area contributed by atoms with Crippen molar-refractivity contribution < 1.29 is 14.3 Å². The number of amides is 2. The number of methoxy groups -OCH3 is 1. The first-order valence-electron chi connectivity index (χ1n) is 11.9. The molecule has 0 bridgehead atoms. The zero-order valence-corrected chi connectivity index (χ0v) is 20.3. The predicted molar refractivity (Wildman–Crippen MR) is 137 cm³/mol. The van der Waals surface area contributed by atoms with Crippen molar-refractivity contribution in [2.45, 2.75) is 18.9 Å². The molecule has 0 spiro atoms. The predicted octanol–water partition coefficient (Wildman–Crippen LogP) is 3.34. The second-order valence-corrected chi connectivity index (χ2v) is 8.62. The molecule has 1 aliphatic rings. The van der Waals surface area contributed by atoms with E-state index in [-0.39, 0.29) is 23.6 Å². The van der Waals surface area contributed by atoms with E-state index >= 15 is 0 Å². The van der Waals surface area contributed by atoms with Crippen LogP contribution in [-0.4, -0.2) is 67.1 Å². The molecule has 0 saturated carbocycles. The third-order valence-corrected chi connectivity index (χ3v) is 6.27. The summed E-state index contributed by atoms with van der Waals surface area (Å²) in [6.45, 7) is 4.86. The number of pyridine rings is 1. The molecule has 0 unspecified atom stereocenters. The topological polar surface area (TPSA) is 131 Å². The van der Waals surface area contributed by atoms with Crippen molar-refractivity contribution in [3.63, 3.8) is 0 Å². The van der Waals surface area contributed by atoms with Crippen LogP contribution >= 0.6 is 0 Å². The Hall–Kier alpha value is -4.80. The number of nitrogens with one attached hydrogen (secondary N) is 2. The number of carbonyl (C=O) groups excluding carboxylic acids is 2. The van der Waals surface area contributed by atoms with E-state index in [1.54, 1.807) is 52.2 Å². The number of ether oxygens (including phenoxy) is 1. The third-order valence-electron chi connectivity index (χ3n) is 6.27. The number of benzene rings is 1. The van der Waals surface area contributed by atoms with Gasteiger partial charge in [-0.05, 0) is 49.2 Å². The Kier molecular flexibility index (Phi) is 6.75. The van der Waals surface area contributed by atoms with Crippen LogP contribution in [0.4, 0.5) is 5.69 Å². The van der Waals surface area contributed by atoms with Gasteiger partial charge in [-0.1, -0.05) is 23.9 Å². The first-order chi connectivity index (χ1) is 18.1. The molecule has 1 fully saturated rings. The molecule has 0 radical (unpaired) electrons. The lowest BCUT2D eigenvalue weighted by atomic mass is 10.1. The van der Waals surface area contributed by atoms with Crippen molar-refractivity contribution in [3.8, 4) is 28.4 Å². The van der Waals surface area contributed by atoms with Gasteiger partial charge in [-0.3, -0.25) is 14.7 Å². The average Bonchev–Trinajstić information content (AvgIpc) is 3.66. The SMILES string of the molecule is C=CC(=O)N1CCC[C@H](n2cc(-c3ccc(NC(=O)c4cccc(-c5ccn[nH]5)n4)c(OC)c3)nn2)C1. The number of aromatic nitrogens is 6. The molecule has 1 saturated heterocycles. The standard InChI is InChI=1S/C26H26N8O3/c1-3-25(35)33-13-5-6-18(15-33)34-16-23(31-32-34)17-9-10-21(24(14-17)37-2)29-26(36)22-8-4-7-19(28-22)20-11-12-27-30-20/h3-4,7-12,14,16,18H,1,5-6,13,15H2,2H3,(H,27,30)(H,29,36)/t18-/m0/s1. The average molecular weight is 499 g/mol. The van der Waals surface area contributed by atoms with Crippen LogP contribution in [0.5, 0.6) is 5.75 Å². The molecule has 5 rings (SSSR count). The highest BCUT2D eigenvalue weighted by Gasteiger charge is 2.25. The molecule has 37 heavy (non-hydrogen) atoms. The summed E-state index contributed by atoms with van der Waals surface area (Å²) in [5.41, 5.74) is 3.55. The summed E-state index contributed by atoms with van der Waals surface area (Å²) >= 11 is 0. The zero-order chi connectivity index (χ0) is 25.8. The highest BCUT2D eigenvalue weighted by atomic mass is 16.5. The summed E-state index contributed by atoms with van der Waals surface area (Å²) in [6, 6.07) is 12.4. The van der Waals surface area contributed by atoms with Crippen LogP contribution < -0.4 is 10.1 Å². The lowest BCUT2D eigenvalue weighted by molar-refractivity contribution is -0.127. The monoisotopic (exact) mass is 498 g/mol. The number of hydrogen-bond donors (Lipinski definition) is 2. The van der Waals surface area contributed by atoms with E-state index in [1.807, 2.05) is 12.3 Å². The van der Waals surface area contributed by atoms with Crippen molar-refractivity contribution in [3.05, 3.63) is 73.2 Å². The molecular formula is C26H26N8O3. The van der Waals surface area contributed by atoms with Gasteiger partial charge in [0.25, 0.3) is 5.91 Å². The fourth-order valence-corrected chi connectivity index (χ4v) is 4.34. The van der Waals surface area contributed by atoms with E-state index in [4.69, 9.17) is 4.74 Å². The highest BCUT2D eigenvalue weighted by Crippen LogP contribution is 2.31. The van der Waals surface area contributed by atoms with Crippen molar-refractivity contribution in [1.29, 1.82) is 0 Å². The molecule has 3 aromatic heterocycles. The number of rotatable bonds is 7. The van der Waals surface area contributed by atoms with Gasteiger partial charge in [-0.25, -0.2) is 9.67 Å². The van der Waals surface area contributed by atoms with Gasteiger partial charge in [0.2, 0.25) is 5.91 Å². The summed E-state index contributed by atoms with van der Waals surface area (Å²) in [6.07, 6.45) is 6.63. The second-order valence-electron chi connectivity index (χ2n) is 8.62. The molecule has 4 heterocycles. The zero-order valence-electron chi connectivity index (χ0n) is 20.3. The van der Waals surface area contributed by atoms with Crippen molar-refractivity contribution in [1.82, 2.24) is 35.1 Å². The number of H-pyrrole nitrogens is 1. The molecule has 1 aliphatic heterocycles. The molecule has 2 amide bonds. The van der Waals surface area contributed by atoms with Gasteiger partial charge >= 0.3 is 0 Å². The van der Waals surface area contributed by atoms with Gasteiger partial charge in [0.05, 0.1) is 36.4 Å². The lowest BCUT2D eigenvalue weighted by Crippen LogP contribution is -2.40. The molecule has 2 N–H and O–H groups in total. The third kappa shape index (κ3) is 5.10. The molecule has 11 heteroatoms. The summed E-state index contributed by atoms with van der Waals surface area (Å²) in [5.74, 6) is 0.0375. The van der Waals surface area contributed by atoms with E-state index in [2.05, 4.69) is 37.4 Å². The smallest absolute Gasteiger partial charge is 0.274 e. The van der Waals surface area contributed by atoms with E-state index in [0.29, 0.717) is 29.4 Å². The number of likely N-dealkylation sites (tertiary alicyclic amines) is 1. The van der Waals surface area contributed by atoms with Crippen LogP contribution in [0, 0.1) is 0 Å². The summed E-state index contributed by atoms with van der Waals surface area (Å²) in [4.78, 5) is 31.1. The molecule has 0 aliphatic carbocycles. The van der Waals surface area contributed by atoms with Crippen LogP contribution in [-0.2, 0) is 4.79 Å². The lowest BCUT2D eigenvalue weighted by Gasteiger charge is -2.31. The van der Waals surface area contributed by atoms with Gasteiger partial charge in [-0.15, -0.1) is 5.10 Å². The van der Waals surface area contributed by atoms with E-state index < -0.39 is 0 Å². The minimum atomic E-state index is -0.366. The van der Waals surface area contributed by atoms with Crippen LogP contribution in [0.15, 0.2) is 67.5 Å². The van der Waals surface area contributed by atoms with E-state index in [1.165, 1.54) is 13.2 Å². The van der Waals surface area contributed by atoms with Crippen molar-refractivity contribution >= 4 is 17.5 Å². The fraction of sp³-hybridized carbons (Fsp3) is 0.231. The molecule has 4 aromatic rings. The Labute approximate surface area is 213 Å². The number of carbonyl (C=O) groups is 2. The summed E-state index contributed by atoms with van der Waals surface area (Å²) in [5, 5.41) is 18.3. The van der Waals surface area contributed by atoms with Gasteiger partial charge in [0.15, 0.2) is 0 Å². The maximum atomic E-state index is 12.9. The van der Waals surface area contributed by atoms with Crippen molar-refractivity contribution in [2.75, 3.05) is 25.5 Å². The molecular weight excluding hydrogens is 472 g/mol. The van der Waals surface area contributed by atoms with Gasteiger partial charge in [0, 0.05) is 24.8 Å². The molecule has 1 atom stereocenters. The maximum absolute atomic E-state index is 12.9. The second kappa shape index (κ2) is 10.4. The number of hydrogen-bond acceptors (Lipinski definition) is 7. The number of anilines is 1. The quantitative estimate of drug-likeness (QED) is 0.374. The Balaban J connectivity index is 1.32. The normalized spacial score (nSPS) is 15.3. The molecule has 188 valence electrons. The van der Waals surface area contributed by atoms with Crippen molar-refractivity contribution in [2.24, 2.45) is 0 Å². The minimum Gasteiger partial charge on any atom is -0.495 e. The number of piperidine rings is 1. The Morgan fingerprint density at radius 3 is 2.89 bits per heavy atom. The fourth-order valence-electron chi connectivity index (χ4n) is 4.34.